The van der Waals surface area contributed by atoms with Crippen molar-refractivity contribution in [3.8, 4) is 0 Å². The number of unbranched alkanes of at least 4 members (excludes halogenated alkanes) is 17. The molecule has 0 spiro atoms. The van der Waals surface area contributed by atoms with E-state index in [0.29, 0.717) is 19.5 Å². The summed E-state index contributed by atoms with van der Waals surface area (Å²) < 4.78 is 37.5. The van der Waals surface area contributed by atoms with Crippen molar-refractivity contribution in [1.29, 1.82) is 0 Å². The number of carbonyl (C=O) groups is 1. The van der Waals surface area contributed by atoms with Crippen LogP contribution in [0.2, 0.25) is 0 Å². The maximum absolute atomic E-state index is 11.0. The number of hydrogen-bond donors (Lipinski definition) is 3. The van der Waals surface area contributed by atoms with Crippen LogP contribution in [0.1, 0.15) is 136 Å². The van der Waals surface area contributed by atoms with Crippen molar-refractivity contribution in [3.63, 3.8) is 0 Å². The van der Waals surface area contributed by atoms with E-state index in [1.807, 2.05) is 0 Å². The molecule has 0 aromatic heterocycles. The van der Waals surface area contributed by atoms with Crippen molar-refractivity contribution >= 4 is 16.1 Å². The third-order valence-corrected chi connectivity index (χ3v) is 6.96. The molecule has 0 aromatic carbocycles. The maximum Gasteiger partial charge on any atom is 1.00 e. The van der Waals surface area contributed by atoms with E-state index in [2.05, 4.69) is 12.2 Å². The van der Waals surface area contributed by atoms with Gasteiger partial charge in [0.05, 0.1) is 29.1 Å². The van der Waals surface area contributed by atoms with Gasteiger partial charge in [0, 0.05) is 20.0 Å². The Morgan fingerprint density at radius 2 is 1.08 bits per heavy atom. The molecule has 0 amide bonds. The minimum Gasteiger partial charge on any atom is -0.748 e. The molecule has 1 unspecified atom stereocenters. The molecule has 8 nitrogen and oxygen atoms in total. The van der Waals surface area contributed by atoms with Gasteiger partial charge in [0.1, 0.15) is 6.10 Å². The molecule has 0 aliphatic rings. The van der Waals surface area contributed by atoms with Crippen molar-refractivity contribution in [1.82, 2.24) is 5.32 Å². The van der Waals surface area contributed by atoms with Gasteiger partial charge >= 0.3 is 35.5 Å². The fourth-order valence-corrected chi connectivity index (χ4v) is 4.89. The van der Waals surface area contributed by atoms with E-state index in [1.54, 1.807) is 0 Å². The Kier molecular flexibility index (Phi) is 37.6. The van der Waals surface area contributed by atoms with E-state index in [0.717, 1.165) is 19.3 Å². The molecule has 0 aliphatic carbocycles. The van der Waals surface area contributed by atoms with Gasteiger partial charge in [-0.15, -0.1) is 0 Å². The zero-order valence-electron chi connectivity index (χ0n) is 24.9. The van der Waals surface area contributed by atoms with Crippen LogP contribution in [0.5, 0.6) is 0 Å². The second-order valence-corrected chi connectivity index (χ2v) is 11.4. The molecule has 0 rings (SSSR count). The first-order chi connectivity index (χ1) is 17.8. The SMILES string of the molecule is CCCCCCCCCCCCCCCCCCCCC(CS(=O)(=O)[O-])OC(C)=O.OCCNCCO.[Na+]. The Labute approximate surface area is 256 Å². The van der Waals surface area contributed by atoms with Crippen LogP contribution in [0, 0.1) is 0 Å². The first-order valence-corrected chi connectivity index (χ1v) is 16.4. The van der Waals surface area contributed by atoms with E-state index >= 15 is 0 Å². The number of nitrogens with one attached hydrogen (secondary N) is 1. The number of esters is 1. The fourth-order valence-electron chi connectivity index (χ4n) is 4.20. The second-order valence-electron chi connectivity index (χ2n) is 9.95. The predicted octanol–water partition coefficient (Wildman–Crippen LogP) is 2.46. The van der Waals surface area contributed by atoms with Crippen LogP contribution in [0.4, 0.5) is 0 Å². The molecular formula is C28H58NNaO7S. The van der Waals surface area contributed by atoms with Crippen LogP contribution in [0.25, 0.3) is 0 Å². The van der Waals surface area contributed by atoms with Gasteiger partial charge in [-0.1, -0.05) is 116 Å². The molecule has 1 atom stereocenters. The van der Waals surface area contributed by atoms with Gasteiger partial charge in [0.25, 0.3) is 0 Å². The number of carbonyl (C=O) groups excluding carboxylic acids is 1. The van der Waals surface area contributed by atoms with Crippen LogP contribution >= 0.6 is 0 Å². The predicted molar refractivity (Wildman–Crippen MR) is 151 cm³/mol. The number of aliphatic hydroxyl groups excluding tert-OH is 2. The van der Waals surface area contributed by atoms with E-state index in [1.165, 1.54) is 103 Å². The smallest absolute Gasteiger partial charge is 0.748 e. The summed E-state index contributed by atoms with van der Waals surface area (Å²) in [4.78, 5) is 11.0. The number of rotatable bonds is 26. The van der Waals surface area contributed by atoms with Crippen molar-refractivity contribution in [3.05, 3.63) is 0 Å². The standard InChI is InChI=1S/C24H48O5S.C4H11NO2.Na/c1-3-4-5-6-7-8-9-10-11-12-13-14-15-16-17-18-19-20-21-24(29-23(2)25)22-30(26,27)28;6-3-1-5-2-4-7;/h24H,3-22H2,1-2H3,(H,26,27,28);5-7H,1-4H2;/q;;+1/p-1. The molecule has 38 heavy (non-hydrogen) atoms. The minimum absolute atomic E-state index is 0. The molecule has 0 saturated heterocycles. The quantitative estimate of drug-likeness (QED) is 0.0619. The van der Waals surface area contributed by atoms with Crippen molar-refractivity contribution in [2.45, 2.75) is 142 Å². The molecule has 0 saturated carbocycles. The summed E-state index contributed by atoms with van der Waals surface area (Å²) in [6, 6.07) is 0. The fraction of sp³-hybridized carbons (Fsp3) is 0.964. The maximum atomic E-state index is 11.0. The Bertz CT molecular complexity index is 576. The van der Waals surface area contributed by atoms with E-state index in [9.17, 15) is 17.8 Å². The molecule has 0 aromatic rings. The molecule has 0 bridgehead atoms. The Morgan fingerprint density at radius 3 is 1.37 bits per heavy atom. The van der Waals surface area contributed by atoms with Crippen LogP contribution in [0.3, 0.4) is 0 Å². The van der Waals surface area contributed by atoms with Crippen LogP contribution in [-0.2, 0) is 19.6 Å². The van der Waals surface area contributed by atoms with Gasteiger partial charge in [-0.25, -0.2) is 8.42 Å². The number of aliphatic hydroxyl groups is 2. The van der Waals surface area contributed by atoms with E-state index in [-0.39, 0.29) is 42.8 Å². The van der Waals surface area contributed by atoms with Gasteiger partial charge in [-0.3, -0.25) is 4.79 Å². The summed E-state index contributed by atoms with van der Waals surface area (Å²) >= 11 is 0. The number of ether oxygens (including phenoxy) is 1. The summed E-state index contributed by atoms with van der Waals surface area (Å²) in [6.45, 7) is 4.92. The topological polar surface area (TPSA) is 136 Å². The monoisotopic (exact) mass is 575 g/mol. The van der Waals surface area contributed by atoms with Gasteiger partial charge < -0.3 is 24.8 Å². The first kappa shape index (κ1) is 42.7. The summed E-state index contributed by atoms with van der Waals surface area (Å²) in [7, 11) is -4.37. The molecule has 0 aliphatic heterocycles. The Hall–Kier alpha value is 0.260. The third-order valence-electron chi connectivity index (χ3n) is 6.18. The first-order valence-electron chi connectivity index (χ1n) is 14.8. The van der Waals surface area contributed by atoms with E-state index < -0.39 is 27.9 Å². The van der Waals surface area contributed by atoms with Gasteiger partial charge in [0.2, 0.25) is 0 Å². The van der Waals surface area contributed by atoms with Crippen molar-refractivity contribution in [2.24, 2.45) is 0 Å². The normalized spacial score (nSPS) is 11.8. The van der Waals surface area contributed by atoms with E-state index in [4.69, 9.17) is 14.9 Å². The van der Waals surface area contributed by atoms with Crippen molar-refractivity contribution < 1.29 is 62.3 Å². The molecule has 3 N–H and O–H groups in total. The molecule has 224 valence electrons. The van der Waals surface area contributed by atoms with Gasteiger partial charge in [-0.2, -0.15) is 0 Å². The average molecular weight is 576 g/mol. The van der Waals surface area contributed by atoms with Crippen LogP contribution < -0.4 is 34.9 Å². The molecule has 0 radical (unpaired) electrons. The summed E-state index contributed by atoms with van der Waals surface area (Å²) in [5, 5.41) is 19.1. The Morgan fingerprint density at radius 1 is 0.737 bits per heavy atom. The molecule has 0 fully saturated rings. The summed E-state index contributed by atoms with van der Waals surface area (Å²) in [5.74, 6) is -1.16. The average Bonchev–Trinajstić information content (AvgIpc) is 2.82. The Balaban J connectivity index is -0.00000134. The molecule has 10 heteroatoms. The summed E-state index contributed by atoms with van der Waals surface area (Å²) in [6.07, 6.45) is 22.9. The van der Waals surface area contributed by atoms with Crippen molar-refractivity contribution in [2.75, 3.05) is 32.1 Å². The molecule has 0 heterocycles. The second kappa shape index (κ2) is 33.5. The minimum atomic E-state index is -4.37. The number of hydrogen-bond acceptors (Lipinski definition) is 8. The molecular weight excluding hydrogens is 517 g/mol. The van der Waals surface area contributed by atoms with Gasteiger partial charge in [0.15, 0.2) is 0 Å². The zero-order valence-corrected chi connectivity index (χ0v) is 27.7. The van der Waals surface area contributed by atoms with Crippen LogP contribution in [0.15, 0.2) is 0 Å². The zero-order chi connectivity index (χ0) is 28.0. The van der Waals surface area contributed by atoms with Gasteiger partial charge in [-0.05, 0) is 12.8 Å². The van der Waals surface area contributed by atoms with Crippen LogP contribution in [-0.4, -0.2) is 67.3 Å². The summed E-state index contributed by atoms with van der Waals surface area (Å²) in [5.41, 5.74) is 0. The largest absolute Gasteiger partial charge is 1.00 e. The third kappa shape index (κ3) is 40.8.